The van der Waals surface area contributed by atoms with Crippen LogP contribution in [0.25, 0.3) is 0 Å². The number of unbranched alkanes of at least 4 members (excludes halogenated alkanes) is 4. The van der Waals surface area contributed by atoms with Gasteiger partial charge in [-0.05, 0) is 12.8 Å². The molecule has 0 aromatic carbocycles. The van der Waals surface area contributed by atoms with Gasteiger partial charge in [-0.25, -0.2) is 0 Å². The van der Waals surface area contributed by atoms with Crippen molar-refractivity contribution in [2.75, 3.05) is 6.61 Å². The van der Waals surface area contributed by atoms with E-state index in [1.165, 1.54) is 32.1 Å². The Kier molecular flexibility index (Phi) is 5.37. The highest BCUT2D eigenvalue weighted by Gasteiger charge is 2.14. The summed E-state index contributed by atoms with van der Waals surface area (Å²) < 4.78 is 10.5. The van der Waals surface area contributed by atoms with Gasteiger partial charge in [0.25, 0.3) is 0 Å². The van der Waals surface area contributed by atoms with Crippen LogP contribution in [0.1, 0.15) is 45.4 Å². The second kappa shape index (κ2) is 6.44. The van der Waals surface area contributed by atoms with Crippen LogP contribution in [-0.2, 0) is 9.47 Å². The van der Waals surface area contributed by atoms with Crippen LogP contribution in [-0.4, -0.2) is 12.9 Å². The Morgan fingerprint density at radius 3 is 2.75 bits per heavy atom. The van der Waals surface area contributed by atoms with Crippen molar-refractivity contribution in [3.8, 4) is 0 Å². The highest BCUT2D eigenvalue weighted by Crippen LogP contribution is 2.15. The van der Waals surface area contributed by atoms with Crippen molar-refractivity contribution in [1.82, 2.24) is 0 Å². The third-order valence-electron chi connectivity index (χ3n) is 2.14. The summed E-state index contributed by atoms with van der Waals surface area (Å²) in [5.41, 5.74) is 0. The van der Waals surface area contributed by atoms with Crippen molar-refractivity contribution in [2.45, 2.75) is 51.7 Å². The highest BCUT2D eigenvalue weighted by atomic mass is 16.7. The van der Waals surface area contributed by atoms with Gasteiger partial charge in [-0.1, -0.05) is 32.6 Å². The SMILES string of the molecule is CCCCCCCC1O[CH]CO1. The predicted molar refractivity (Wildman–Crippen MR) is 48.5 cm³/mol. The van der Waals surface area contributed by atoms with E-state index in [-0.39, 0.29) is 6.29 Å². The Morgan fingerprint density at radius 2 is 2.08 bits per heavy atom. The Hall–Kier alpha value is -0.0800. The summed E-state index contributed by atoms with van der Waals surface area (Å²) in [6.07, 6.45) is 7.69. The third-order valence-corrected chi connectivity index (χ3v) is 2.14. The molecule has 0 bridgehead atoms. The van der Waals surface area contributed by atoms with Gasteiger partial charge < -0.3 is 9.47 Å². The van der Waals surface area contributed by atoms with Gasteiger partial charge in [-0.2, -0.15) is 0 Å². The second-order valence-corrected chi connectivity index (χ2v) is 3.27. The molecule has 1 atom stereocenters. The summed E-state index contributed by atoms with van der Waals surface area (Å²) in [4.78, 5) is 0. The molecule has 0 N–H and O–H groups in total. The van der Waals surface area contributed by atoms with Gasteiger partial charge in [0.05, 0.1) is 6.61 Å². The summed E-state index contributed by atoms with van der Waals surface area (Å²) in [7, 11) is 0. The van der Waals surface area contributed by atoms with Gasteiger partial charge in [0, 0.05) is 0 Å². The molecule has 1 aliphatic heterocycles. The van der Waals surface area contributed by atoms with Gasteiger partial charge >= 0.3 is 0 Å². The molecule has 1 radical (unpaired) electrons. The van der Waals surface area contributed by atoms with Crippen LogP contribution in [0.15, 0.2) is 0 Å². The standard InChI is InChI=1S/C10H19O2/c1-2-3-4-5-6-7-10-11-8-9-12-10/h8,10H,2-7,9H2,1H3. The number of rotatable bonds is 6. The molecule has 1 heterocycles. The van der Waals surface area contributed by atoms with Gasteiger partial charge in [0.1, 0.15) is 6.61 Å². The molecule has 0 spiro atoms. The minimum Gasteiger partial charge on any atom is -0.350 e. The molecule has 0 saturated carbocycles. The molecule has 0 aliphatic carbocycles. The van der Waals surface area contributed by atoms with E-state index >= 15 is 0 Å². The summed E-state index contributed by atoms with van der Waals surface area (Å²) in [5, 5.41) is 0. The fraction of sp³-hybridized carbons (Fsp3) is 0.900. The maximum atomic E-state index is 5.28. The van der Waals surface area contributed by atoms with Gasteiger partial charge in [-0.3, -0.25) is 0 Å². The summed E-state index contributed by atoms with van der Waals surface area (Å²) in [5.74, 6) is 0. The first-order chi connectivity index (χ1) is 5.93. The predicted octanol–water partition coefficient (Wildman–Crippen LogP) is 2.88. The van der Waals surface area contributed by atoms with E-state index in [2.05, 4.69) is 6.92 Å². The lowest BCUT2D eigenvalue weighted by Gasteiger charge is -2.07. The number of hydrogen-bond acceptors (Lipinski definition) is 2. The largest absolute Gasteiger partial charge is 0.350 e. The molecule has 1 saturated heterocycles. The molecule has 1 fully saturated rings. The molecule has 1 aliphatic rings. The van der Waals surface area contributed by atoms with Crippen LogP contribution < -0.4 is 0 Å². The first-order valence-corrected chi connectivity index (χ1v) is 5.02. The molecule has 1 unspecified atom stereocenters. The molecule has 0 amide bonds. The van der Waals surface area contributed by atoms with Crippen molar-refractivity contribution in [3.05, 3.63) is 6.61 Å². The van der Waals surface area contributed by atoms with Gasteiger partial charge in [-0.15, -0.1) is 0 Å². The van der Waals surface area contributed by atoms with E-state index in [9.17, 15) is 0 Å². The topological polar surface area (TPSA) is 18.5 Å². The minimum absolute atomic E-state index is 0.0617. The van der Waals surface area contributed by atoms with Crippen LogP contribution in [0.4, 0.5) is 0 Å². The Balaban J connectivity index is 1.81. The Morgan fingerprint density at radius 1 is 1.25 bits per heavy atom. The zero-order valence-corrected chi connectivity index (χ0v) is 7.92. The lowest BCUT2D eigenvalue weighted by Crippen LogP contribution is -2.06. The Bertz CT molecular complexity index is 98.0. The molecule has 0 aromatic heterocycles. The maximum absolute atomic E-state index is 5.28. The molecular weight excluding hydrogens is 152 g/mol. The Labute approximate surface area is 75.2 Å². The fourth-order valence-electron chi connectivity index (χ4n) is 1.40. The zero-order valence-electron chi connectivity index (χ0n) is 7.92. The highest BCUT2D eigenvalue weighted by molar-refractivity contribution is 4.60. The summed E-state index contributed by atoms with van der Waals surface area (Å²) in [6, 6.07) is 0. The number of ether oxygens (including phenoxy) is 2. The average molecular weight is 171 g/mol. The van der Waals surface area contributed by atoms with E-state index in [4.69, 9.17) is 9.47 Å². The fourth-order valence-corrected chi connectivity index (χ4v) is 1.40. The first-order valence-electron chi connectivity index (χ1n) is 5.02. The van der Waals surface area contributed by atoms with E-state index < -0.39 is 0 Å². The van der Waals surface area contributed by atoms with Crippen molar-refractivity contribution in [2.24, 2.45) is 0 Å². The summed E-state index contributed by atoms with van der Waals surface area (Å²) >= 11 is 0. The molecule has 2 nitrogen and oxygen atoms in total. The van der Waals surface area contributed by atoms with Crippen LogP contribution in [0.5, 0.6) is 0 Å². The monoisotopic (exact) mass is 171 g/mol. The normalized spacial score (nSPS) is 18.8. The van der Waals surface area contributed by atoms with Gasteiger partial charge in [0.2, 0.25) is 0 Å². The van der Waals surface area contributed by atoms with Crippen LogP contribution in [0.2, 0.25) is 0 Å². The molecule has 12 heavy (non-hydrogen) atoms. The third kappa shape index (κ3) is 4.07. The molecule has 1 rings (SSSR count). The van der Waals surface area contributed by atoms with Crippen LogP contribution in [0, 0.1) is 6.61 Å². The van der Waals surface area contributed by atoms with E-state index in [0.29, 0.717) is 6.61 Å². The van der Waals surface area contributed by atoms with Crippen LogP contribution >= 0.6 is 0 Å². The quantitative estimate of drug-likeness (QED) is 0.572. The average Bonchev–Trinajstić information content (AvgIpc) is 2.57. The molecule has 2 heteroatoms. The molecular formula is C10H19O2. The number of hydrogen-bond donors (Lipinski definition) is 0. The van der Waals surface area contributed by atoms with Crippen molar-refractivity contribution in [1.29, 1.82) is 0 Å². The van der Waals surface area contributed by atoms with Crippen LogP contribution in [0.3, 0.4) is 0 Å². The zero-order chi connectivity index (χ0) is 8.65. The summed E-state index contributed by atoms with van der Waals surface area (Å²) in [6.45, 7) is 4.65. The first kappa shape index (κ1) is 10.0. The lowest BCUT2D eigenvalue weighted by molar-refractivity contribution is -0.0398. The minimum atomic E-state index is 0.0617. The maximum Gasteiger partial charge on any atom is 0.158 e. The van der Waals surface area contributed by atoms with E-state index in [1.807, 2.05) is 0 Å². The van der Waals surface area contributed by atoms with E-state index in [1.54, 1.807) is 6.61 Å². The second-order valence-electron chi connectivity index (χ2n) is 3.27. The molecule has 0 aromatic rings. The van der Waals surface area contributed by atoms with Crippen molar-refractivity contribution < 1.29 is 9.47 Å². The van der Waals surface area contributed by atoms with Crippen molar-refractivity contribution >= 4 is 0 Å². The lowest BCUT2D eigenvalue weighted by atomic mass is 10.1. The van der Waals surface area contributed by atoms with Crippen molar-refractivity contribution in [3.63, 3.8) is 0 Å². The smallest absolute Gasteiger partial charge is 0.158 e. The van der Waals surface area contributed by atoms with E-state index in [0.717, 1.165) is 6.42 Å². The molecule has 71 valence electrons. The van der Waals surface area contributed by atoms with Gasteiger partial charge in [0.15, 0.2) is 6.29 Å².